The van der Waals surface area contributed by atoms with Crippen molar-refractivity contribution in [2.75, 3.05) is 7.11 Å². The molecule has 0 aromatic rings. The van der Waals surface area contributed by atoms with Gasteiger partial charge in [0.2, 0.25) is 8.32 Å². The summed E-state index contributed by atoms with van der Waals surface area (Å²) in [6.45, 7) is 38.5. The van der Waals surface area contributed by atoms with Gasteiger partial charge in [0.05, 0.1) is 25.4 Å². The Bertz CT molecular complexity index is 1400. The molecule has 0 unspecified atom stereocenters. The maximum absolute atomic E-state index is 13.2. The zero-order chi connectivity index (χ0) is 43.8. The monoisotopic (exact) mass is 845 g/mol. The average molecular weight is 845 g/mol. The Morgan fingerprint density at radius 3 is 2.02 bits per heavy atom. The fourth-order valence-electron chi connectivity index (χ4n) is 7.57. The van der Waals surface area contributed by atoms with E-state index in [-0.39, 0.29) is 41.3 Å². The highest BCUT2D eigenvalue weighted by molar-refractivity contribution is 6.77. The van der Waals surface area contributed by atoms with E-state index in [1.807, 2.05) is 26.0 Å². The first-order valence-corrected chi connectivity index (χ1v) is 30.1. The van der Waals surface area contributed by atoms with Gasteiger partial charge < -0.3 is 22.8 Å². The van der Waals surface area contributed by atoms with Crippen molar-refractivity contribution in [3.8, 4) is 0 Å². The molecular formula is C47H84O7Si3. The van der Waals surface area contributed by atoms with Gasteiger partial charge in [0.25, 0.3) is 0 Å². The first-order valence-electron chi connectivity index (χ1n) is 21.6. The number of hydrogen-bond acceptors (Lipinski definition) is 7. The molecule has 1 aliphatic rings. The first-order chi connectivity index (χ1) is 26.2. The Hall–Kier alpha value is -2.09. The van der Waals surface area contributed by atoms with Crippen molar-refractivity contribution in [3.63, 3.8) is 0 Å². The van der Waals surface area contributed by atoms with Gasteiger partial charge in [-0.1, -0.05) is 129 Å². The van der Waals surface area contributed by atoms with Crippen LogP contribution in [0.4, 0.5) is 0 Å². The number of carbonyl (C=O) groups excluding carboxylic acids is 2. The number of rotatable bonds is 13. The van der Waals surface area contributed by atoms with Crippen LogP contribution in [0.1, 0.15) is 122 Å². The molecule has 0 bridgehead atoms. The van der Waals surface area contributed by atoms with Crippen molar-refractivity contribution in [2.24, 2.45) is 5.92 Å². The minimum absolute atomic E-state index is 0.0558. The van der Waals surface area contributed by atoms with Crippen molar-refractivity contribution in [2.45, 2.75) is 200 Å². The molecule has 0 radical (unpaired) electrons. The van der Waals surface area contributed by atoms with E-state index in [0.717, 1.165) is 43.3 Å². The van der Waals surface area contributed by atoms with E-state index in [2.05, 4.69) is 132 Å². The zero-order valence-corrected chi connectivity index (χ0v) is 42.5. The summed E-state index contributed by atoms with van der Waals surface area (Å²) >= 11 is 0. The van der Waals surface area contributed by atoms with Crippen LogP contribution < -0.4 is 0 Å². The van der Waals surface area contributed by atoms with Crippen LogP contribution >= 0.6 is 0 Å². The number of esters is 2. The summed E-state index contributed by atoms with van der Waals surface area (Å²) < 4.78 is 32.7. The highest BCUT2D eigenvalue weighted by atomic mass is 28.4. The number of cyclic esters (lactones) is 1. The summed E-state index contributed by atoms with van der Waals surface area (Å²) in [7, 11) is -5.02. The molecule has 0 aromatic carbocycles. The third kappa shape index (κ3) is 18.8. The molecule has 0 amide bonds. The van der Waals surface area contributed by atoms with Crippen LogP contribution in [0.15, 0.2) is 71.9 Å². The van der Waals surface area contributed by atoms with Crippen molar-refractivity contribution in [1.29, 1.82) is 0 Å². The predicted octanol–water partition coefficient (Wildman–Crippen LogP) is 13.4. The van der Waals surface area contributed by atoms with Crippen LogP contribution in [0.25, 0.3) is 0 Å². The van der Waals surface area contributed by atoms with Gasteiger partial charge >= 0.3 is 11.9 Å². The van der Waals surface area contributed by atoms with E-state index in [4.69, 9.17) is 22.8 Å². The van der Waals surface area contributed by atoms with Gasteiger partial charge in [-0.25, -0.2) is 9.59 Å². The van der Waals surface area contributed by atoms with E-state index in [0.29, 0.717) is 23.0 Å². The van der Waals surface area contributed by atoms with Gasteiger partial charge in [0.15, 0.2) is 16.6 Å². The lowest BCUT2D eigenvalue weighted by molar-refractivity contribution is -0.144. The second-order valence-corrected chi connectivity index (χ2v) is 34.3. The number of hydrogen-bond donors (Lipinski definition) is 0. The molecule has 0 fully saturated rings. The Morgan fingerprint density at radius 1 is 0.860 bits per heavy atom. The van der Waals surface area contributed by atoms with Crippen LogP contribution in [0.5, 0.6) is 0 Å². The third-order valence-electron chi connectivity index (χ3n) is 11.5. The van der Waals surface area contributed by atoms with E-state index in [1.54, 1.807) is 12.2 Å². The van der Waals surface area contributed by atoms with Crippen molar-refractivity contribution >= 4 is 36.9 Å². The molecule has 1 rings (SSSR count). The SMILES string of the molecule is COC(=O)/C=C/C(C)=C/[C@H](C)[C@@H]1C/C(C)=C/C=C/CC[C@H](O[Si](C)(C)C)[C@H](O[Si](C(C)C)(C(C)C)C(C)C)/C=C/[C@@H](O[Si](C)(C)C(C)(C)C)CCC/C=C/C(=O)O1. The molecule has 0 N–H and O–H groups in total. The molecule has 326 valence electrons. The topological polar surface area (TPSA) is 80.3 Å². The van der Waals surface area contributed by atoms with Crippen LogP contribution in [-0.2, 0) is 32.3 Å². The quantitative estimate of drug-likeness (QED) is 0.0600. The van der Waals surface area contributed by atoms with Crippen LogP contribution in [0.2, 0.25) is 54.4 Å². The molecule has 0 saturated carbocycles. The van der Waals surface area contributed by atoms with Crippen LogP contribution in [0.3, 0.4) is 0 Å². The predicted molar refractivity (Wildman–Crippen MR) is 249 cm³/mol. The van der Waals surface area contributed by atoms with Gasteiger partial charge in [-0.15, -0.1) is 0 Å². The fourth-order valence-corrected chi connectivity index (χ4v) is 15.6. The molecule has 7 nitrogen and oxygen atoms in total. The minimum atomic E-state index is -2.29. The Kier molecular flexibility index (Phi) is 22.5. The summed E-state index contributed by atoms with van der Waals surface area (Å²) in [4.78, 5) is 24.9. The van der Waals surface area contributed by atoms with Crippen molar-refractivity contribution in [1.82, 2.24) is 0 Å². The largest absolute Gasteiger partial charge is 0.466 e. The van der Waals surface area contributed by atoms with Crippen LogP contribution in [-0.4, -0.2) is 68.4 Å². The summed E-state index contributed by atoms with van der Waals surface area (Å²) in [6.07, 6.45) is 23.6. The number of methoxy groups -OCH3 is 1. The average Bonchev–Trinajstić information content (AvgIpc) is 3.07. The lowest BCUT2D eigenvalue weighted by atomic mass is 9.95. The smallest absolute Gasteiger partial charge is 0.330 e. The van der Waals surface area contributed by atoms with E-state index in [1.165, 1.54) is 13.2 Å². The third-order valence-corrected chi connectivity index (χ3v) is 23.1. The molecule has 0 aliphatic carbocycles. The summed E-state index contributed by atoms with van der Waals surface area (Å²) in [5.74, 6) is -0.854. The standard InChI is InChI=1S/C47H84O7Si3/c1-35(2)57(36(3)4,37(5)6)54-43-31-30-41(52-56(17,18)47(10,11)12)26-22-20-24-28-46(49)51-44(40(9)33-39(8)29-32-45(48)50-13)34-38(7)25-21-19-23-27-42(43)53-55(14,15)16/h19,21,24-25,28-33,35-37,40-44H,20,22-23,26-27,34H2,1-18H3/b21-19+,28-24+,31-30+,32-29+,38-25+,39-33+/t40-,41-,42-,43+,44-/m0/s1. The second-order valence-electron chi connectivity index (χ2n) is 19.6. The lowest BCUT2D eigenvalue weighted by Gasteiger charge is -2.46. The minimum Gasteiger partial charge on any atom is -0.466 e. The highest BCUT2D eigenvalue weighted by Gasteiger charge is 2.48. The molecule has 0 spiro atoms. The number of carbonyl (C=O) groups is 2. The van der Waals surface area contributed by atoms with Gasteiger partial charge in [0, 0.05) is 24.5 Å². The molecule has 5 atom stereocenters. The normalized spacial score (nSPS) is 25.5. The molecule has 1 aliphatic heterocycles. The van der Waals surface area contributed by atoms with Gasteiger partial charge in [-0.3, -0.25) is 0 Å². The maximum Gasteiger partial charge on any atom is 0.330 e. The Labute approximate surface area is 353 Å². The molecule has 1 heterocycles. The summed E-state index contributed by atoms with van der Waals surface area (Å²) in [6, 6.07) is 0. The zero-order valence-electron chi connectivity index (χ0n) is 39.5. The van der Waals surface area contributed by atoms with Crippen LogP contribution in [0, 0.1) is 5.92 Å². The maximum atomic E-state index is 13.2. The van der Waals surface area contributed by atoms with Gasteiger partial charge in [-0.05, 0) is 100 Å². The van der Waals surface area contributed by atoms with E-state index in [9.17, 15) is 9.59 Å². The lowest BCUT2D eigenvalue weighted by Crippen LogP contribution is -2.53. The van der Waals surface area contributed by atoms with Gasteiger partial charge in [0.1, 0.15) is 6.10 Å². The van der Waals surface area contributed by atoms with Crippen molar-refractivity contribution < 1.29 is 32.3 Å². The highest BCUT2D eigenvalue weighted by Crippen LogP contribution is 2.44. The van der Waals surface area contributed by atoms with Crippen molar-refractivity contribution in [3.05, 3.63) is 71.9 Å². The van der Waals surface area contributed by atoms with E-state index < -0.39 is 30.9 Å². The summed E-state index contributed by atoms with van der Waals surface area (Å²) in [5, 5.41) is 0.0558. The molecule has 0 saturated heterocycles. The number of allylic oxidation sites excluding steroid dienone is 6. The van der Waals surface area contributed by atoms with Gasteiger partial charge in [-0.2, -0.15) is 0 Å². The molecule has 10 heteroatoms. The Morgan fingerprint density at radius 2 is 1.47 bits per heavy atom. The molecular weight excluding hydrogens is 761 g/mol. The number of ether oxygens (including phenoxy) is 2. The fraction of sp³-hybridized carbons (Fsp3) is 0.702. The molecule has 57 heavy (non-hydrogen) atoms. The first kappa shape index (κ1) is 52.9. The Balaban J connectivity index is 3.82. The van der Waals surface area contributed by atoms with E-state index >= 15 is 0 Å². The molecule has 0 aromatic heterocycles. The summed E-state index contributed by atoms with van der Waals surface area (Å²) in [5.41, 5.74) is 3.31. The second kappa shape index (κ2) is 24.2.